The van der Waals surface area contributed by atoms with Gasteiger partial charge in [0, 0.05) is 21.5 Å². The lowest BCUT2D eigenvalue weighted by atomic mass is 9.75. The van der Waals surface area contributed by atoms with Gasteiger partial charge in [-0.3, -0.25) is 14.6 Å². The number of hydrogen-bond acceptors (Lipinski definition) is 6. The smallest absolute Gasteiger partial charge is 0.426 e. The average Bonchev–Trinajstić information content (AvgIpc) is 2.80. The summed E-state index contributed by atoms with van der Waals surface area (Å²) in [6.07, 6.45) is -0.0958. The molecule has 0 aliphatic carbocycles. The second-order valence-corrected chi connectivity index (χ2v) is 6.17. The summed E-state index contributed by atoms with van der Waals surface area (Å²) < 4.78 is 65.7. The molecule has 0 radical (unpaired) electrons. The van der Waals surface area contributed by atoms with E-state index < -0.39 is 78.7 Å². The van der Waals surface area contributed by atoms with Gasteiger partial charge in [-0.25, -0.2) is 4.98 Å². The zero-order valence-electron chi connectivity index (χ0n) is 23.3. The van der Waals surface area contributed by atoms with Crippen LogP contribution in [0, 0.1) is 5.92 Å². The largest absolute Gasteiger partial charge is 0.475 e. The summed E-state index contributed by atoms with van der Waals surface area (Å²) in [4.78, 5) is 33.6. The molecule has 2 amide bonds. The van der Waals surface area contributed by atoms with Gasteiger partial charge in [0.05, 0.1) is 20.4 Å². The van der Waals surface area contributed by atoms with Crippen molar-refractivity contribution in [3.8, 4) is 0 Å². The summed E-state index contributed by atoms with van der Waals surface area (Å²) in [5, 5.41) is 23.4. The summed E-state index contributed by atoms with van der Waals surface area (Å²) in [6, 6.07) is -8.08. The minimum absolute atomic E-state index is 0.00470. The number of carbonyl (C=O) groups excluding carboxylic acids is 2. The van der Waals surface area contributed by atoms with E-state index in [1.54, 1.807) is 13.8 Å². The molecule has 0 saturated heterocycles. The maximum Gasteiger partial charge on any atom is 0.475 e. The van der Waals surface area contributed by atoms with Crippen molar-refractivity contribution in [3.05, 3.63) is 60.1 Å². The van der Waals surface area contributed by atoms with Crippen LogP contribution in [0.25, 0.3) is 0 Å². The van der Waals surface area contributed by atoms with Gasteiger partial charge in [-0.2, -0.15) is 0 Å². The average molecular weight is 392 g/mol. The first-order chi connectivity index (χ1) is 16.6. The first-order valence-electron chi connectivity index (χ1n) is 12.4. The predicted octanol–water partition coefficient (Wildman–Crippen LogP) is 0.361. The van der Waals surface area contributed by atoms with Gasteiger partial charge in [0.1, 0.15) is 11.7 Å². The van der Waals surface area contributed by atoms with Gasteiger partial charge in [-0.15, -0.1) is 0 Å². The number of carbonyl (C=O) groups is 2. The van der Waals surface area contributed by atoms with Crippen LogP contribution < -0.4 is 10.6 Å². The zero-order valence-corrected chi connectivity index (χ0v) is 15.3. The number of nitrogens with zero attached hydrogens (tertiary/aromatic N) is 2. The molecule has 9 heteroatoms. The maximum absolute atomic E-state index is 13.3. The van der Waals surface area contributed by atoms with E-state index in [-0.39, 0.29) is 12.3 Å². The summed E-state index contributed by atoms with van der Waals surface area (Å²) in [7, 11) is -2.11. The second kappa shape index (κ2) is 10.5. The predicted molar refractivity (Wildman–Crippen MR) is 105 cm³/mol. The Bertz CT molecular complexity index is 1110. The number of amides is 2. The molecule has 0 aliphatic heterocycles. The van der Waals surface area contributed by atoms with E-state index in [9.17, 15) is 19.6 Å². The minimum atomic E-state index is -3.44. The first kappa shape index (κ1) is 12.6. The molecule has 0 bridgehead atoms. The van der Waals surface area contributed by atoms with Crippen molar-refractivity contribution in [1.29, 1.82) is 0 Å². The van der Waals surface area contributed by atoms with Crippen LogP contribution in [0.3, 0.4) is 0 Å². The summed E-state index contributed by atoms with van der Waals surface area (Å²) in [5.74, 6) is -4.35. The number of rotatable bonds is 9. The van der Waals surface area contributed by atoms with Crippen LogP contribution in [0.4, 0.5) is 0 Å². The lowest BCUT2D eigenvalue weighted by Crippen LogP contribution is -2.55. The van der Waals surface area contributed by atoms with Gasteiger partial charge in [-0.1, -0.05) is 44.1 Å². The van der Waals surface area contributed by atoms with Gasteiger partial charge in [0.15, 0.2) is 0 Å². The summed E-state index contributed by atoms with van der Waals surface area (Å²) >= 11 is 0. The van der Waals surface area contributed by atoms with E-state index in [2.05, 4.69) is 15.3 Å². The number of aromatic nitrogens is 2. The quantitative estimate of drug-likeness (QED) is 0.457. The van der Waals surface area contributed by atoms with E-state index in [0.29, 0.717) is 0 Å². The SMILES string of the molecule is [2H]c1c([2H])c([2H])c(C([2H])([2H])[C@@]([2H])(NC(=O)c2cnccn2)C(=O)N[C@@H](CC(C)C)B(O)O)c([2H])c1[2H]. The zero-order chi connectivity index (χ0) is 27.6. The Kier molecular flexibility index (Phi) is 4.75. The van der Waals surface area contributed by atoms with E-state index >= 15 is 0 Å². The van der Waals surface area contributed by atoms with Crippen molar-refractivity contribution >= 4 is 18.9 Å². The molecule has 1 heterocycles. The molecule has 1 aromatic carbocycles. The van der Waals surface area contributed by atoms with E-state index in [1.807, 2.05) is 5.32 Å². The fourth-order valence-electron chi connectivity index (χ4n) is 2.18. The van der Waals surface area contributed by atoms with Gasteiger partial charge < -0.3 is 20.7 Å². The van der Waals surface area contributed by atoms with Gasteiger partial charge in [-0.05, 0) is 17.9 Å². The highest BCUT2D eigenvalue weighted by Crippen LogP contribution is 2.09. The lowest BCUT2D eigenvalue weighted by molar-refractivity contribution is -0.123. The highest BCUT2D eigenvalue weighted by molar-refractivity contribution is 6.43. The fourth-order valence-corrected chi connectivity index (χ4v) is 2.18. The van der Waals surface area contributed by atoms with Crippen molar-refractivity contribution in [3.63, 3.8) is 0 Å². The van der Waals surface area contributed by atoms with Gasteiger partial charge in [0.25, 0.3) is 5.91 Å². The molecule has 2 aromatic rings. The molecule has 148 valence electrons. The first-order valence-corrected chi connectivity index (χ1v) is 8.39. The molecule has 0 fully saturated rings. The Morgan fingerprint density at radius 1 is 1.25 bits per heavy atom. The molecule has 0 spiro atoms. The molecule has 1 aromatic heterocycles. The highest BCUT2D eigenvalue weighted by atomic mass is 16.4. The van der Waals surface area contributed by atoms with Crippen LogP contribution >= 0.6 is 0 Å². The molecule has 28 heavy (non-hydrogen) atoms. The Morgan fingerprint density at radius 3 is 2.54 bits per heavy atom. The third-order valence-electron chi connectivity index (χ3n) is 3.41. The highest BCUT2D eigenvalue weighted by Gasteiger charge is 2.30. The Hall–Kier alpha value is -2.78. The molecule has 2 rings (SSSR count). The second-order valence-electron chi connectivity index (χ2n) is 6.17. The summed E-state index contributed by atoms with van der Waals surface area (Å²) in [6.45, 7) is 3.41. The van der Waals surface area contributed by atoms with E-state index in [1.165, 1.54) is 6.20 Å². The van der Waals surface area contributed by atoms with Crippen molar-refractivity contribution < 1.29 is 30.6 Å². The molecule has 0 saturated carbocycles. The molecule has 8 nitrogen and oxygen atoms in total. The number of nitrogens with one attached hydrogen (secondary N) is 2. The van der Waals surface area contributed by atoms with Crippen LogP contribution in [-0.4, -0.2) is 50.9 Å². The van der Waals surface area contributed by atoms with Crippen molar-refractivity contribution in [2.45, 2.75) is 38.6 Å². The Labute approximate surface area is 175 Å². The molecule has 4 N–H and O–H groups in total. The normalized spacial score (nSPS) is 18.6. The third-order valence-corrected chi connectivity index (χ3v) is 3.41. The lowest BCUT2D eigenvalue weighted by Gasteiger charge is -2.24. The molecule has 2 atom stereocenters. The van der Waals surface area contributed by atoms with Crippen molar-refractivity contribution in [2.24, 2.45) is 5.92 Å². The van der Waals surface area contributed by atoms with E-state index in [4.69, 9.17) is 11.0 Å². The van der Waals surface area contributed by atoms with Crippen LogP contribution in [0.15, 0.2) is 48.8 Å². The van der Waals surface area contributed by atoms with Crippen LogP contribution in [0.5, 0.6) is 0 Å². The summed E-state index contributed by atoms with van der Waals surface area (Å²) in [5.41, 5.74) is -1.46. The standard InChI is InChI=1S/C19H25BN4O4/c1-13(2)10-17(20(27)28)24-18(25)15(11-14-6-4-3-5-7-14)23-19(26)16-12-21-8-9-22-16/h3-9,12-13,15,17,27-28H,10-11H2,1-2H3,(H,23,26)(H,24,25)/t15-,17+/m1/s1/i3D,4D,5D,6D,7D,11D2,15D. The third kappa shape index (κ3) is 6.75. The minimum Gasteiger partial charge on any atom is -0.426 e. The van der Waals surface area contributed by atoms with Crippen LogP contribution in [-0.2, 0) is 11.2 Å². The topological polar surface area (TPSA) is 124 Å². The molecular formula is C19H25BN4O4. The molecular weight excluding hydrogens is 359 g/mol. The Morgan fingerprint density at radius 2 is 1.96 bits per heavy atom. The number of hydrogen-bond donors (Lipinski definition) is 4. The Balaban J connectivity index is 2.71. The fraction of sp³-hybridized carbons (Fsp3) is 0.368. The van der Waals surface area contributed by atoms with E-state index in [0.717, 1.165) is 12.4 Å². The van der Waals surface area contributed by atoms with Crippen molar-refractivity contribution in [2.75, 3.05) is 0 Å². The molecule has 0 unspecified atom stereocenters. The molecule has 0 aliphatic rings. The van der Waals surface area contributed by atoms with Crippen molar-refractivity contribution in [1.82, 2.24) is 20.6 Å². The monoisotopic (exact) mass is 392 g/mol. The van der Waals surface area contributed by atoms with Gasteiger partial charge >= 0.3 is 7.12 Å². The van der Waals surface area contributed by atoms with Crippen LogP contribution in [0.1, 0.15) is 47.3 Å². The van der Waals surface area contributed by atoms with Gasteiger partial charge in [0.2, 0.25) is 5.91 Å². The maximum atomic E-state index is 13.3. The number of benzene rings is 1. The van der Waals surface area contributed by atoms with Crippen LogP contribution in [0.2, 0.25) is 0 Å².